The summed E-state index contributed by atoms with van der Waals surface area (Å²) < 4.78 is 19.2. The van der Waals surface area contributed by atoms with Crippen LogP contribution in [0.3, 0.4) is 0 Å². The van der Waals surface area contributed by atoms with Crippen LogP contribution >= 0.6 is 0 Å². The lowest BCUT2D eigenvalue weighted by atomic mass is 9.86. The third kappa shape index (κ3) is 4.05. The molecule has 2 N–H and O–H groups in total. The Bertz CT molecular complexity index is 622. The molecule has 1 unspecified atom stereocenters. The van der Waals surface area contributed by atoms with E-state index in [0.29, 0.717) is 18.4 Å². The van der Waals surface area contributed by atoms with Gasteiger partial charge >= 0.3 is 0 Å². The number of hydrogen-bond acceptors (Lipinski definition) is 2. The SMILES string of the molecule is COc1ccc(C)cc1CC(C)(N)Cc1ccccc1F. The summed E-state index contributed by atoms with van der Waals surface area (Å²) in [6.45, 7) is 3.98. The zero-order valence-corrected chi connectivity index (χ0v) is 12.8. The minimum atomic E-state index is -0.538. The van der Waals surface area contributed by atoms with E-state index in [2.05, 4.69) is 6.07 Å². The topological polar surface area (TPSA) is 35.2 Å². The van der Waals surface area contributed by atoms with Gasteiger partial charge in [-0.25, -0.2) is 4.39 Å². The molecule has 0 aromatic heterocycles. The highest BCUT2D eigenvalue weighted by Crippen LogP contribution is 2.25. The van der Waals surface area contributed by atoms with Crippen molar-refractivity contribution in [2.45, 2.75) is 32.2 Å². The molecule has 0 saturated carbocycles. The van der Waals surface area contributed by atoms with Crippen molar-refractivity contribution in [1.29, 1.82) is 0 Å². The summed E-state index contributed by atoms with van der Waals surface area (Å²) >= 11 is 0. The smallest absolute Gasteiger partial charge is 0.126 e. The maximum atomic E-state index is 13.8. The fraction of sp³-hybridized carbons (Fsp3) is 0.333. The van der Waals surface area contributed by atoms with Gasteiger partial charge in [-0.2, -0.15) is 0 Å². The minimum absolute atomic E-state index is 0.203. The fourth-order valence-electron chi connectivity index (χ4n) is 2.62. The summed E-state index contributed by atoms with van der Waals surface area (Å²) in [5.41, 5.74) is 8.72. The summed E-state index contributed by atoms with van der Waals surface area (Å²) in [4.78, 5) is 0. The molecule has 0 spiro atoms. The van der Waals surface area contributed by atoms with Crippen LogP contribution in [0.5, 0.6) is 5.75 Å². The Morgan fingerprint density at radius 2 is 1.76 bits per heavy atom. The van der Waals surface area contributed by atoms with Crippen molar-refractivity contribution in [2.24, 2.45) is 5.73 Å². The highest BCUT2D eigenvalue weighted by molar-refractivity contribution is 5.38. The third-order valence-electron chi connectivity index (χ3n) is 3.58. The van der Waals surface area contributed by atoms with Gasteiger partial charge < -0.3 is 10.5 Å². The van der Waals surface area contributed by atoms with E-state index in [1.165, 1.54) is 6.07 Å². The maximum Gasteiger partial charge on any atom is 0.126 e. The monoisotopic (exact) mass is 287 g/mol. The van der Waals surface area contributed by atoms with Crippen LogP contribution in [0.15, 0.2) is 42.5 Å². The van der Waals surface area contributed by atoms with Crippen molar-refractivity contribution in [1.82, 2.24) is 0 Å². The average Bonchev–Trinajstić information content (AvgIpc) is 2.41. The van der Waals surface area contributed by atoms with Crippen molar-refractivity contribution in [3.8, 4) is 5.75 Å². The Balaban J connectivity index is 2.21. The molecule has 2 rings (SSSR count). The number of methoxy groups -OCH3 is 1. The molecule has 112 valence electrons. The van der Waals surface area contributed by atoms with Crippen LogP contribution in [0.4, 0.5) is 4.39 Å². The molecular weight excluding hydrogens is 265 g/mol. The van der Waals surface area contributed by atoms with Crippen LogP contribution in [0, 0.1) is 12.7 Å². The Morgan fingerprint density at radius 1 is 1.10 bits per heavy atom. The molecule has 0 aliphatic heterocycles. The summed E-state index contributed by atoms with van der Waals surface area (Å²) in [5, 5.41) is 0. The van der Waals surface area contributed by atoms with Gasteiger partial charge in [0, 0.05) is 5.54 Å². The summed E-state index contributed by atoms with van der Waals surface area (Å²) in [7, 11) is 1.65. The maximum absolute atomic E-state index is 13.8. The first-order valence-corrected chi connectivity index (χ1v) is 7.07. The van der Waals surface area contributed by atoms with E-state index in [0.717, 1.165) is 16.9 Å². The van der Waals surface area contributed by atoms with Gasteiger partial charge in [0.05, 0.1) is 7.11 Å². The number of benzene rings is 2. The molecule has 2 nitrogen and oxygen atoms in total. The molecule has 0 bridgehead atoms. The predicted octanol–water partition coefficient (Wildman–Crippen LogP) is 3.65. The van der Waals surface area contributed by atoms with Gasteiger partial charge in [-0.15, -0.1) is 0 Å². The van der Waals surface area contributed by atoms with Gasteiger partial charge in [0.2, 0.25) is 0 Å². The van der Waals surface area contributed by atoms with Gasteiger partial charge in [0.1, 0.15) is 11.6 Å². The fourth-order valence-corrected chi connectivity index (χ4v) is 2.62. The number of halogens is 1. The zero-order chi connectivity index (χ0) is 15.5. The molecule has 1 atom stereocenters. The molecule has 0 radical (unpaired) electrons. The highest BCUT2D eigenvalue weighted by Gasteiger charge is 2.23. The molecule has 0 aliphatic rings. The standard InChI is InChI=1S/C18H22FNO/c1-13-8-9-17(21-3)15(10-13)12-18(2,20)11-14-6-4-5-7-16(14)19/h4-10H,11-12,20H2,1-3H3. The number of ether oxygens (including phenoxy) is 1. The Morgan fingerprint density at radius 3 is 2.43 bits per heavy atom. The van der Waals surface area contributed by atoms with Crippen LogP contribution in [0.2, 0.25) is 0 Å². The molecule has 0 fully saturated rings. The lowest BCUT2D eigenvalue weighted by molar-refractivity contribution is 0.395. The van der Waals surface area contributed by atoms with Gasteiger partial charge in [-0.3, -0.25) is 0 Å². The van der Waals surface area contributed by atoms with Crippen LogP contribution in [-0.4, -0.2) is 12.6 Å². The van der Waals surface area contributed by atoms with Crippen LogP contribution in [0.1, 0.15) is 23.6 Å². The minimum Gasteiger partial charge on any atom is -0.496 e. The van der Waals surface area contributed by atoms with E-state index in [9.17, 15) is 4.39 Å². The van der Waals surface area contributed by atoms with Crippen molar-refractivity contribution in [3.05, 3.63) is 65.0 Å². The largest absolute Gasteiger partial charge is 0.496 e. The van der Waals surface area contributed by atoms with Crippen molar-refractivity contribution in [2.75, 3.05) is 7.11 Å². The molecule has 2 aromatic rings. The second-order valence-electron chi connectivity index (χ2n) is 5.91. The normalized spacial score (nSPS) is 13.8. The van der Waals surface area contributed by atoms with Gasteiger partial charge in [-0.1, -0.05) is 35.9 Å². The summed E-state index contributed by atoms with van der Waals surface area (Å²) in [5.74, 6) is 0.621. The number of hydrogen-bond donors (Lipinski definition) is 1. The molecule has 0 amide bonds. The first-order chi connectivity index (χ1) is 9.91. The van der Waals surface area contributed by atoms with E-state index in [1.807, 2.05) is 32.0 Å². The molecule has 21 heavy (non-hydrogen) atoms. The molecular formula is C18H22FNO. The highest BCUT2D eigenvalue weighted by atomic mass is 19.1. The second-order valence-corrected chi connectivity index (χ2v) is 5.91. The molecule has 2 aromatic carbocycles. The molecule has 0 heterocycles. The predicted molar refractivity (Wildman–Crippen MR) is 84.1 cm³/mol. The van der Waals surface area contributed by atoms with Crippen LogP contribution < -0.4 is 10.5 Å². The van der Waals surface area contributed by atoms with Crippen LogP contribution in [-0.2, 0) is 12.8 Å². The van der Waals surface area contributed by atoms with Crippen LogP contribution in [0.25, 0.3) is 0 Å². The van der Waals surface area contributed by atoms with Crippen molar-refractivity contribution in [3.63, 3.8) is 0 Å². The van der Waals surface area contributed by atoms with E-state index in [4.69, 9.17) is 10.5 Å². The quantitative estimate of drug-likeness (QED) is 0.911. The first kappa shape index (κ1) is 15.5. The Kier molecular flexibility index (Phi) is 4.63. The van der Waals surface area contributed by atoms with E-state index >= 15 is 0 Å². The number of nitrogens with two attached hydrogens (primary N) is 1. The molecule has 3 heteroatoms. The van der Waals surface area contributed by atoms with Gasteiger partial charge in [-0.05, 0) is 49.9 Å². The van der Waals surface area contributed by atoms with E-state index in [1.54, 1.807) is 19.2 Å². The zero-order valence-electron chi connectivity index (χ0n) is 12.8. The van der Waals surface area contributed by atoms with Gasteiger partial charge in [0.25, 0.3) is 0 Å². The van der Waals surface area contributed by atoms with E-state index in [-0.39, 0.29) is 5.82 Å². The molecule has 0 aliphatic carbocycles. The average molecular weight is 287 g/mol. The second kappa shape index (κ2) is 6.27. The van der Waals surface area contributed by atoms with Crippen molar-refractivity contribution < 1.29 is 9.13 Å². The Hall–Kier alpha value is -1.87. The van der Waals surface area contributed by atoms with Crippen molar-refractivity contribution >= 4 is 0 Å². The van der Waals surface area contributed by atoms with Gasteiger partial charge in [0.15, 0.2) is 0 Å². The Labute approximate surface area is 125 Å². The lowest BCUT2D eigenvalue weighted by Crippen LogP contribution is -2.41. The third-order valence-corrected chi connectivity index (χ3v) is 3.58. The summed E-state index contributed by atoms with van der Waals surface area (Å²) in [6.07, 6.45) is 1.11. The number of aryl methyl sites for hydroxylation is 1. The first-order valence-electron chi connectivity index (χ1n) is 7.07. The lowest BCUT2D eigenvalue weighted by Gasteiger charge is -2.26. The number of rotatable bonds is 5. The van der Waals surface area contributed by atoms with E-state index < -0.39 is 5.54 Å². The molecule has 0 saturated heterocycles. The summed E-state index contributed by atoms with van der Waals surface area (Å²) in [6, 6.07) is 12.8.